The minimum atomic E-state index is 0.602. The highest BCUT2D eigenvalue weighted by atomic mass is 16.5. The first kappa shape index (κ1) is 12.4. The Morgan fingerprint density at radius 3 is 2.94 bits per heavy atom. The molecule has 0 saturated heterocycles. The molecule has 4 heteroatoms. The number of rotatable bonds is 7. The first-order valence-corrected chi connectivity index (χ1v) is 6.54. The minimum Gasteiger partial charge on any atom is -0.379 e. The van der Waals surface area contributed by atoms with Gasteiger partial charge in [0.05, 0.1) is 12.3 Å². The molecule has 0 bridgehead atoms. The smallest absolute Gasteiger partial charge is 0.203 e. The van der Waals surface area contributed by atoms with Crippen molar-refractivity contribution in [2.75, 3.05) is 25.1 Å². The molecular formula is C13H23N3O. The van der Waals surface area contributed by atoms with E-state index < -0.39 is 0 Å². The molecule has 1 aliphatic rings. The maximum absolute atomic E-state index is 5.54. The summed E-state index contributed by atoms with van der Waals surface area (Å²) < 4.78 is 7.80. The van der Waals surface area contributed by atoms with Crippen LogP contribution < -0.4 is 5.32 Å². The standard InChI is InChI=1S/C13H23N3O/c1-10(2)9-17-7-6-14-13-15-11(3)8-16(13)12-4-5-12/h8,10,12H,4-7,9H2,1-3H3,(H,14,15). The number of nitrogens with zero attached hydrogens (tertiary/aromatic N) is 2. The van der Waals surface area contributed by atoms with Crippen molar-refractivity contribution in [3.05, 3.63) is 11.9 Å². The van der Waals surface area contributed by atoms with Crippen LogP contribution in [0.5, 0.6) is 0 Å². The third kappa shape index (κ3) is 3.73. The second kappa shape index (κ2) is 5.54. The van der Waals surface area contributed by atoms with Gasteiger partial charge in [0, 0.05) is 25.4 Å². The fourth-order valence-corrected chi connectivity index (χ4v) is 1.83. The van der Waals surface area contributed by atoms with Gasteiger partial charge in [-0.15, -0.1) is 0 Å². The monoisotopic (exact) mass is 237 g/mol. The molecule has 1 saturated carbocycles. The second-order valence-electron chi connectivity index (χ2n) is 5.24. The fourth-order valence-electron chi connectivity index (χ4n) is 1.83. The third-order valence-electron chi connectivity index (χ3n) is 2.77. The Hall–Kier alpha value is -1.03. The van der Waals surface area contributed by atoms with Gasteiger partial charge in [0.25, 0.3) is 0 Å². The zero-order valence-corrected chi connectivity index (χ0v) is 11.1. The highest BCUT2D eigenvalue weighted by molar-refractivity contribution is 5.30. The zero-order valence-electron chi connectivity index (χ0n) is 11.1. The summed E-state index contributed by atoms with van der Waals surface area (Å²) in [5, 5.41) is 3.36. The summed E-state index contributed by atoms with van der Waals surface area (Å²) in [5.74, 6) is 1.60. The molecule has 4 nitrogen and oxygen atoms in total. The van der Waals surface area contributed by atoms with E-state index in [0.29, 0.717) is 12.0 Å². The number of aromatic nitrogens is 2. The van der Waals surface area contributed by atoms with Crippen LogP contribution >= 0.6 is 0 Å². The first-order chi connectivity index (χ1) is 8.16. The van der Waals surface area contributed by atoms with Gasteiger partial charge in [0.15, 0.2) is 0 Å². The molecule has 0 spiro atoms. The molecule has 96 valence electrons. The lowest BCUT2D eigenvalue weighted by Gasteiger charge is -2.10. The van der Waals surface area contributed by atoms with Gasteiger partial charge >= 0.3 is 0 Å². The van der Waals surface area contributed by atoms with E-state index in [2.05, 4.69) is 34.9 Å². The lowest BCUT2D eigenvalue weighted by molar-refractivity contribution is 0.118. The normalized spacial score (nSPS) is 15.5. The number of hydrogen-bond acceptors (Lipinski definition) is 3. The van der Waals surface area contributed by atoms with Gasteiger partial charge in [0.1, 0.15) is 0 Å². The summed E-state index contributed by atoms with van der Waals surface area (Å²) in [4.78, 5) is 4.50. The molecule has 1 aromatic heterocycles. The number of aryl methyl sites for hydroxylation is 1. The van der Waals surface area contributed by atoms with Crippen LogP contribution in [0.4, 0.5) is 5.95 Å². The van der Waals surface area contributed by atoms with E-state index in [1.54, 1.807) is 0 Å². The molecule has 1 aromatic rings. The number of nitrogens with one attached hydrogen (secondary N) is 1. The molecule has 0 aromatic carbocycles. The van der Waals surface area contributed by atoms with Crippen LogP contribution in [0.25, 0.3) is 0 Å². The molecule has 0 amide bonds. The van der Waals surface area contributed by atoms with E-state index in [9.17, 15) is 0 Å². The number of ether oxygens (including phenoxy) is 1. The van der Waals surface area contributed by atoms with Crippen molar-refractivity contribution in [1.29, 1.82) is 0 Å². The lowest BCUT2D eigenvalue weighted by atomic mass is 10.2. The predicted molar refractivity (Wildman–Crippen MR) is 69.4 cm³/mol. The number of anilines is 1. The Labute approximate surface area is 103 Å². The molecule has 0 atom stereocenters. The van der Waals surface area contributed by atoms with Crippen LogP contribution in [0, 0.1) is 12.8 Å². The Kier molecular flexibility index (Phi) is 4.05. The molecule has 0 unspecified atom stereocenters. The highest BCUT2D eigenvalue weighted by Gasteiger charge is 2.25. The van der Waals surface area contributed by atoms with Crippen LogP contribution in [0.1, 0.15) is 38.4 Å². The van der Waals surface area contributed by atoms with Crippen molar-refractivity contribution in [3.8, 4) is 0 Å². The van der Waals surface area contributed by atoms with E-state index in [0.717, 1.165) is 31.4 Å². The molecule has 1 fully saturated rings. The van der Waals surface area contributed by atoms with Gasteiger partial charge in [-0.1, -0.05) is 13.8 Å². The maximum atomic E-state index is 5.54. The van der Waals surface area contributed by atoms with Crippen LogP contribution in [-0.2, 0) is 4.74 Å². The van der Waals surface area contributed by atoms with Gasteiger partial charge in [-0.25, -0.2) is 4.98 Å². The van der Waals surface area contributed by atoms with Crippen LogP contribution in [0.2, 0.25) is 0 Å². The summed E-state index contributed by atoms with van der Waals surface area (Å²) in [6.07, 6.45) is 4.71. The van der Waals surface area contributed by atoms with Gasteiger partial charge in [-0.2, -0.15) is 0 Å². The van der Waals surface area contributed by atoms with Crippen molar-refractivity contribution in [2.24, 2.45) is 5.92 Å². The summed E-state index contributed by atoms with van der Waals surface area (Å²) in [6.45, 7) is 8.77. The SMILES string of the molecule is Cc1cn(C2CC2)c(NCCOCC(C)C)n1. The summed E-state index contributed by atoms with van der Waals surface area (Å²) >= 11 is 0. The molecule has 0 radical (unpaired) electrons. The molecule has 17 heavy (non-hydrogen) atoms. The summed E-state index contributed by atoms with van der Waals surface area (Å²) in [5.41, 5.74) is 1.09. The molecule has 1 heterocycles. The van der Waals surface area contributed by atoms with E-state index in [-0.39, 0.29) is 0 Å². The number of imidazole rings is 1. The second-order valence-corrected chi connectivity index (χ2v) is 5.24. The molecule has 2 rings (SSSR count). The largest absolute Gasteiger partial charge is 0.379 e. The third-order valence-corrected chi connectivity index (χ3v) is 2.77. The quantitative estimate of drug-likeness (QED) is 0.741. The van der Waals surface area contributed by atoms with Crippen molar-refractivity contribution in [3.63, 3.8) is 0 Å². The molecule has 0 aliphatic heterocycles. The molecule has 1 N–H and O–H groups in total. The van der Waals surface area contributed by atoms with E-state index >= 15 is 0 Å². The van der Waals surface area contributed by atoms with Crippen molar-refractivity contribution < 1.29 is 4.74 Å². The Morgan fingerprint density at radius 1 is 1.53 bits per heavy atom. The molecule has 1 aliphatic carbocycles. The highest BCUT2D eigenvalue weighted by Crippen LogP contribution is 2.37. The molecular weight excluding hydrogens is 214 g/mol. The Morgan fingerprint density at radius 2 is 2.29 bits per heavy atom. The van der Waals surface area contributed by atoms with Crippen LogP contribution in [0.15, 0.2) is 6.20 Å². The van der Waals surface area contributed by atoms with E-state index in [1.807, 2.05) is 6.92 Å². The Balaban J connectivity index is 1.74. The maximum Gasteiger partial charge on any atom is 0.203 e. The Bertz CT molecular complexity index is 356. The summed E-state index contributed by atoms with van der Waals surface area (Å²) in [7, 11) is 0. The van der Waals surface area contributed by atoms with Crippen molar-refractivity contribution >= 4 is 5.95 Å². The van der Waals surface area contributed by atoms with Gasteiger partial charge in [-0.3, -0.25) is 0 Å². The van der Waals surface area contributed by atoms with Gasteiger partial charge in [-0.05, 0) is 25.7 Å². The van der Waals surface area contributed by atoms with Gasteiger partial charge in [0.2, 0.25) is 5.95 Å². The van der Waals surface area contributed by atoms with Crippen molar-refractivity contribution in [1.82, 2.24) is 9.55 Å². The van der Waals surface area contributed by atoms with Gasteiger partial charge < -0.3 is 14.6 Å². The van der Waals surface area contributed by atoms with Crippen LogP contribution in [0.3, 0.4) is 0 Å². The zero-order chi connectivity index (χ0) is 12.3. The van der Waals surface area contributed by atoms with Crippen molar-refractivity contribution in [2.45, 2.75) is 39.7 Å². The van der Waals surface area contributed by atoms with Crippen LogP contribution in [-0.4, -0.2) is 29.3 Å². The summed E-state index contributed by atoms with van der Waals surface area (Å²) in [6, 6.07) is 0.676. The fraction of sp³-hybridized carbons (Fsp3) is 0.769. The number of hydrogen-bond donors (Lipinski definition) is 1. The minimum absolute atomic E-state index is 0.602. The first-order valence-electron chi connectivity index (χ1n) is 6.54. The predicted octanol–water partition coefficient (Wildman–Crippen LogP) is 2.61. The average molecular weight is 237 g/mol. The average Bonchev–Trinajstić information content (AvgIpc) is 3.03. The van der Waals surface area contributed by atoms with E-state index in [1.165, 1.54) is 12.8 Å². The lowest BCUT2D eigenvalue weighted by Crippen LogP contribution is -2.14. The van der Waals surface area contributed by atoms with E-state index in [4.69, 9.17) is 4.74 Å². The topological polar surface area (TPSA) is 39.1 Å².